The maximum absolute atomic E-state index is 13.0. The summed E-state index contributed by atoms with van der Waals surface area (Å²) >= 11 is 0. The van der Waals surface area contributed by atoms with Gasteiger partial charge in [-0.1, -0.05) is 0 Å². The van der Waals surface area contributed by atoms with Gasteiger partial charge in [-0.15, -0.1) is 0 Å². The van der Waals surface area contributed by atoms with Crippen LogP contribution in [0.1, 0.15) is 28.5 Å². The molecule has 4 nitrogen and oxygen atoms in total. The van der Waals surface area contributed by atoms with Gasteiger partial charge in [-0.3, -0.25) is 9.78 Å². The molecule has 0 aliphatic rings. The molecule has 6 heteroatoms. The summed E-state index contributed by atoms with van der Waals surface area (Å²) in [5, 5.41) is 0. The molecule has 0 aliphatic heterocycles. The van der Waals surface area contributed by atoms with E-state index in [2.05, 4.69) is 9.98 Å². The Kier molecular flexibility index (Phi) is 4.11. The van der Waals surface area contributed by atoms with Crippen LogP contribution in [0.4, 0.5) is 8.78 Å². The van der Waals surface area contributed by atoms with Crippen molar-refractivity contribution < 1.29 is 13.6 Å². The summed E-state index contributed by atoms with van der Waals surface area (Å²) in [7, 11) is 3.45. The highest BCUT2D eigenvalue weighted by atomic mass is 19.3. The van der Waals surface area contributed by atoms with E-state index in [-0.39, 0.29) is 11.3 Å². The molecular weight excluding hydrogens is 240 g/mol. The number of amides is 1. The molecule has 0 saturated carbocycles. The second-order valence-corrected chi connectivity index (χ2v) is 4.29. The lowest BCUT2D eigenvalue weighted by Crippen LogP contribution is -2.13. The number of aryl methyl sites for hydroxylation is 1. The lowest BCUT2D eigenvalue weighted by atomic mass is 10.1. The van der Waals surface area contributed by atoms with Crippen molar-refractivity contribution in [3.05, 3.63) is 29.1 Å². The zero-order chi connectivity index (χ0) is 13.9. The molecule has 0 atom stereocenters. The standard InChI is InChI=1S/C12H15F2N3O/c1-8-5-10(12(2,13)14)15-6-9(8)11(18)16-7-17(3)4/h5-7H,1-4H3. The largest absolute Gasteiger partial charge is 0.369 e. The molecule has 18 heavy (non-hydrogen) atoms. The van der Waals surface area contributed by atoms with Crippen LogP contribution >= 0.6 is 0 Å². The highest BCUT2D eigenvalue weighted by Gasteiger charge is 2.27. The summed E-state index contributed by atoms with van der Waals surface area (Å²) in [5.74, 6) is -3.51. The van der Waals surface area contributed by atoms with Crippen molar-refractivity contribution in [2.75, 3.05) is 14.1 Å². The van der Waals surface area contributed by atoms with Crippen LogP contribution < -0.4 is 0 Å². The minimum atomic E-state index is -3.01. The molecule has 0 spiro atoms. The first-order chi connectivity index (χ1) is 8.21. The third-order valence-corrected chi connectivity index (χ3v) is 2.20. The lowest BCUT2D eigenvalue weighted by Gasteiger charge is -2.11. The van der Waals surface area contributed by atoms with E-state index in [9.17, 15) is 13.6 Å². The smallest absolute Gasteiger partial charge is 0.286 e. The van der Waals surface area contributed by atoms with Gasteiger partial charge < -0.3 is 4.90 Å². The quantitative estimate of drug-likeness (QED) is 0.614. The molecule has 0 aromatic carbocycles. The number of carbonyl (C=O) groups is 1. The van der Waals surface area contributed by atoms with Crippen molar-refractivity contribution >= 4 is 12.2 Å². The highest BCUT2D eigenvalue weighted by molar-refractivity contribution is 5.99. The number of pyridine rings is 1. The first-order valence-electron chi connectivity index (χ1n) is 5.31. The van der Waals surface area contributed by atoms with Gasteiger partial charge in [0, 0.05) is 27.2 Å². The highest BCUT2D eigenvalue weighted by Crippen LogP contribution is 2.26. The van der Waals surface area contributed by atoms with E-state index >= 15 is 0 Å². The summed E-state index contributed by atoms with van der Waals surface area (Å²) in [6, 6.07) is 1.21. The van der Waals surface area contributed by atoms with Crippen molar-refractivity contribution in [2.24, 2.45) is 4.99 Å². The Morgan fingerprint density at radius 1 is 1.50 bits per heavy atom. The van der Waals surface area contributed by atoms with Gasteiger partial charge in [-0.2, -0.15) is 13.8 Å². The Labute approximate surface area is 104 Å². The molecule has 0 aliphatic carbocycles. The number of aliphatic imine (C=N–C) groups is 1. The fourth-order valence-corrected chi connectivity index (χ4v) is 1.26. The number of aromatic nitrogens is 1. The SMILES string of the molecule is Cc1cc(C(C)(F)F)ncc1C(=O)N=CN(C)C. The Morgan fingerprint density at radius 3 is 2.56 bits per heavy atom. The fraction of sp³-hybridized carbons (Fsp3) is 0.417. The Bertz CT molecular complexity index is 479. The summed E-state index contributed by atoms with van der Waals surface area (Å²) in [5.41, 5.74) is 0.302. The molecule has 1 heterocycles. The maximum atomic E-state index is 13.0. The Balaban J connectivity index is 3.03. The van der Waals surface area contributed by atoms with Crippen LogP contribution in [0, 0.1) is 6.92 Å². The van der Waals surface area contributed by atoms with Gasteiger partial charge in [0.15, 0.2) is 0 Å². The summed E-state index contributed by atoms with van der Waals surface area (Å²) in [6.07, 6.45) is 2.49. The molecule has 0 N–H and O–H groups in total. The van der Waals surface area contributed by atoms with Crippen molar-refractivity contribution in [1.29, 1.82) is 0 Å². The summed E-state index contributed by atoms with van der Waals surface area (Å²) in [6.45, 7) is 2.34. The molecule has 0 radical (unpaired) electrons. The van der Waals surface area contributed by atoms with Crippen LogP contribution in [0.5, 0.6) is 0 Å². The van der Waals surface area contributed by atoms with Gasteiger partial charge in [0.25, 0.3) is 11.8 Å². The van der Waals surface area contributed by atoms with Crippen molar-refractivity contribution in [3.8, 4) is 0 Å². The van der Waals surface area contributed by atoms with Gasteiger partial charge >= 0.3 is 0 Å². The molecule has 1 aromatic rings. The fourth-order valence-electron chi connectivity index (χ4n) is 1.26. The number of nitrogens with zero attached hydrogens (tertiary/aromatic N) is 3. The second kappa shape index (κ2) is 5.20. The zero-order valence-electron chi connectivity index (χ0n) is 10.7. The van der Waals surface area contributed by atoms with E-state index in [1.165, 1.54) is 12.4 Å². The molecule has 1 aromatic heterocycles. The van der Waals surface area contributed by atoms with Crippen LogP contribution in [0.2, 0.25) is 0 Å². The van der Waals surface area contributed by atoms with E-state index in [0.717, 1.165) is 13.1 Å². The molecule has 1 rings (SSSR count). The average molecular weight is 255 g/mol. The van der Waals surface area contributed by atoms with Crippen molar-refractivity contribution in [3.63, 3.8) is 0 Å². The minimum Gasteiger partial charge on any atom is -0.369 e. The summed E-state index contributed by atoms with van der Waals surface area (Å²) in [4.78, 5) is 20.6. The molecule has 0 bridgehead atoms. The van der Waals surface area contributed by atoms with E-state index in [1.807, 2.05) is 0 Å². The number of halogens is 2. The monoisotopic (exact) mass is 255 g/mol. The van der Waals surface area contributed by atoms with Crippen LogP contribution in [0.3, 0.4) is 0 Å². The van der Waals surface area contributed by atoms with Crippen LogP contribution in [0.25, 0.3) is 0 Å². The lowest BCUT2D eigenvalue weighted by molar-refractivity contribution is 0.0126. The summed E-state index contributed by atoms with van der Waals surface area (Å²) < 4.78 is 26.1. The third-order valence-electron chi connectivity index (χ3n) is 2.20. The number of carbonyl (C=O) groups excluding carboxylic acids is 1. The second-order valence-electron chi connectivity index (χ2n) is 4.29. The number of rotatable bonds is 3. The zero-order valence-corrected chi connectivity index (χ0v) is 10.7. The van der Waals surface area contributed by atoms with Crippen LogP contribution in [-0.2, 0) is 5.92 Å². The predicted molar refractivity (Wildman–Crippen MR) is 65.1 cm³/mol. The molecule has 0 unspecified atom stereocenters. The molecule has 1 amide bonds. The molecular formula is C12H15F2N3O. The molecule has 0 fully saturated rings. The number of hydrogen-bond donors (Lipinski definition) is 0. The van der Waals surface area contributed by atoms with Crippen LogP contribution in [0.15, 0.2) is 17.3 Å². The number of hydrogen-bond acceptors (Lipinski definition) is 2. The molecule has 0 saturated heterocycles. The van der Waals surface area contributed by atoms with E-state index in [1.54, 1.807) is 25.9 Å². The van der Waals surface area contributed by atoms with Gasteiger partial charge in [-0.25, -0.2) is 0 Å². The van der Waals surface area contributed by atoms with Gasteiger partial charge in [0.2, 0.25) is 0 Å². The topological polar surface area (TPSA) is 45.6 Å². The third kappa shape index (κ3) is 3.58. The van der Waals surface area contributed by atoms with E-state index in [4.69, 9.17) is 0 Å². The maximum Gasteiger partial charge on any atom is 0.286 e. The van der Waals surface area contributed by atoms with E-state index < -0.39 is 11.8 Å². The molecule has 98 valence electrons. The Hall–Kier alpha value is -1.85. The predicted octanol–water partition coefficient (Wildman–Crippen LogP) is 2.23. The first kappa shape index (κ1) is 14.2. The van der Waals surface area contributed by atoms with Crippen molar-refractivity contribution in [1.82, 2.24) is 9.88 Å². The van der Waals surface area contributed by atoms with Gasteiger partial charge in [0.1, 0.15) is 5.69 Å². The average Bonchev–Trinajstić information content (AvgIpc) is 2.24. The Morgan fingerprint density at radius 2 is 2.11 bits per heavy atom. The van der Waals surface area contributed by atoms with Gasteiger partial charge in [-0.05, 0) is 18.6 Å². The number of alkyl halides is 2. The van der Waals surface area contributed by atoms with Crippen molar-refractivity contribution in [2.45, 2.75) is 19.8 Å². The normalized spacial score (nSPS) is 11.9. The van der Waals surface area contributed by atoms with E-state index in [0.29, 0.717) is 5.56 Å². The van der Waals surface area contributed by atoms with Crippen LogP contribution in [-0.4, -0.2) is 36.2 Å². The minimum absolute atomic E-state index is 0.223. The first-order valence-corrected chi connectivity index (χ1v) is 5.31. The van der Waals surface area contributed by atoms with Gasteiger partial charge in [0.05, 0.1) is 11.9 Å².